The first-order valence-electron chi connectivity index (χ1n) is 4.57. The molecule has 2 aromatic rings. The Bertz CT molecular complexity index is 622. The van der Waals surface area contributed by atoms with Crippen LogP contribution in [-0.4, -0.2) is 29.3 Å². The average molecular weight is 222 g/mol. The fourth-order valence-corrected chi connectivity index (χ4v) is 1.29. The summed E-state index contributed by atoms with van der Waals surface area (Å²) in [6, 6.07) is 1.32. The largest absolute Gasteiger partial charge is 0.331 e. The normalized spacial score (nSPS) is 10.6. The van der Waals surface area contributed by atoms with Crippen LogP contribution in [0.4, 0.5) is 0 Å². The highest BCUT2D eigenvalue weighted by Crippen LogP contribution is 1.86. The molecule has 0 spiro atoms. The zero-order valence-corrected chi connectivity index (χ0v) is 8.86. The molecular weight excluding hydrogens is 212 g/mol. The Balaban J connectivity index is 2.46. The molecule has 0 unspecified atom stereocenters. The number of aromatic nitrogens is 6. The van der Waals surface area contributed by atoms with Crippen molar-refractivity contribution >= 4 is 0 Å². The van der Waals surface area contributed by atoms with Gasteiger partial charge in [0.25, 0.3) is 5.56 Å². The van der Waals surface area contributed by atoms with Crippen LogP contribution in [0.15, 0.2) is 21.9 Å². The third-order valence-corrected chi connectivity index (χ3v) is 2.09. The highest BCUT2D eigenvalue weighted by atomic mass is 16.2. The minimum Gasteiger partial charge on any atom is -0.303 e. The van der Waals surface area contributed by atoms with Gasteiger partial charge in [0, 0.05) is 19.3 Å². The molecule has 0 radical (unpaired) electrons. The van der Waals surface area contributed by atoms with Gasteiger partial charge >= 0.3 is 5.69 Å². The fraction of sp³-hybridized carbons (Fsp3) is 0.375. The molecule has 0 saturated heterocycles. The lowest BCUT2D eigenvalue weighted by Gasteiger charge is -2.02. The lowest BCUT2D eigenvalue weighted by molar-refractivity contribution is 0.606. The molecule has 0 aliphatic carbocycles. The van der Waals surface area contributed by atoms with Crippen LogP contribution in [0.2, 0.25) is 0 Å². The van der Waals surface area contributed by atoms with Gasteiger partial charge in [-0.1, -0.05) is 0 Å². The van der Waals surface area contributed by atoms with Crippen molar-refractivity contribution in [1.82, 2.24) is 29.3 Å². The quantitative estimate of drug-likeness (QED) is 0.593. The molecule has 0 saturated carbocycles. The van der Waals surface area contributed by atoms with E-state index >= 15 is 0 Å². The molecule has 2 heterocycles. The Labute approximate surface area is 89.7 Å². The van der Waals surface area contributed by atoms with Crippen LogP contribution in [0.3, 0.4) is 0 Å². The molecule has 0 aromatic carbocycles. The van der Waals surface area contributed by atoms with Crippen LogP contribution >= 0.6 is 0 Å². The van der Waals surface area contributed by atoms with Gasteiger partial charge in [-0.15, -0.1) is 10.2 Å². The minimum absolute atomic E-state index is 0.0280. The molecule has 8 nitrogen and oxygen atoms in total. The second kappa shape index (κ2) is 3.72. The molecule has 0 aliphatic heterocycles. The van der Waals surface area contributed by atoms with E-state index in [1.54, 1.807) is 14.1 Å². The van der Waals surface area contributed by atoms with E-state index < -0.39 is 5.69 Å². The van der Waals surface area contributed by atoms with E-state index in [-0.39, 0.29) is 12.1 Å². The Morgan fingerprint density at radius 1 is 1.31 bits per heavy atom. The second-order valence-corrected chi connectivity index (χ2v) is 3.33. The van der Waals surface area contributed by atoms with Crippen molar-refractivity contribution in [3.05, 3.63) is 38.9 Å². The highest BCUT2D eigenvalue weighted by molar-refractivity contribution is 4.89. The van der Waals surface area contributed by atoms with E-state index in [1.807, 2.05) is 0 Å². The molecule has 84 valence electrons. The van der Waals surface area contributed by atoms with Gasteiger partial charge in [-0.2, -0.15) is 4.80 Å². The number of tetrazole rings is 1. The molecule has 0 fully saturated rings. The standard InChI is InChI=1S/C8H10N6O2/c1-12-4-3-7(15)14(8(12)16)5-6-9-11-13(2)10-6/h3-4H,5H2,1-2H3. The average Bonchev–Trinajstić information content (AvgIpc) is 2.65. The van der Waals surface area contributed by atoms with Gasteiger partial charge in [-0.05, 0) is 5.21 Å². The second-order valence-electron chi connectivity index (χ2n) is 3.33. The number of nitrogens with zero attached hydrogens (tertiary/aromatic N) is 6. The number of aryl methyl sites for hydroxylation is 2. The maximum atomic E-state index is 11.6. The van der Waals surface area contributed by atoms with Crippen molar-refractivity contribution in [2.75, 3.05) is 0 Å². The van der Waals surface area contributed by atoms with Crippen LogP contribution in [0, 0.1) is 0 Å². The van der Waals surface area contributed by atoms with Crippen molar-refractivity contribution in [1.29, 1.82) is 0 Å². The van der Waals surface area contributed by atoms with Crippen molar-refractivity contribution in [2.45, 2.75) is 6.54 Å². The summed E-state index contributed by atoms with van der Waals surface area (Å²) in [5, 5.41) is 11.2. The van der Waals surface area contributed by atoms with E-state index in [9.17, 15) is 9.59 Å². The van der Waals surface area contributed by atoms with Gasteiger partial charge < -0.3 is 4.57 Å². The molecule has 8 heteroatoms. The molecule has 0 amide bonds. The molecule has 0 atom stereocenters. The Kier molecular flexibility index (Phi) is 2.39. The predicted molar refractivity (Wildman–Crippen MR) is 53.8 cm³/mol. The third kappa shape index (κ3) is 1.76. The van der Waals surface area contributed by atoms with Gasteiger partial charge in [-0.3, -0.25) is 9.36 Å². The summed E-state index contributed by atoms with van der Waals surface area (Å²) < 4.78 is 2.37. The van der Waals surface area contributed by atoms with Crippen LogP contribution in [0.5, 0.6) is 0 Å². The zero-order valence-electron chi connectivity index (χ0n) is 8.86. The first-order valence-corrected chi connectivity index (χ1v) is 4.57. The van der Waals surface area contributed by atoms with Gasteiger partial charge in [0.05, 0.1) is 13.6 Å². The van der Waals surface area contributed by atoms with Crippen molar-refractivity contribution < 1.29 is 0 Å². The lowest BCUT2D eigenvalue weighted by Crippen LogP contribution is -2.38. The highest BCUT2D eigenvalue weighted by Gasteiger charge is 2.07. The summed E-state index contributed by atoms with van der Waals surface area (Å²) >= 11 is 0. The minimum atomic E-state index is -0.403. The molecule has 0 bridgehead atoms. The van der Waals surface area contributed by atoms with E-state index in [0.29, 0.717) is 5.82 Å². The Morgan fingerprint density at radius 3 is 2.69 bits per heavy atom. The van der Waals surface area contributed by atoms with Crippen molar-refractivity contribution in [3.8, 4) is 0 Å². The van der Waals surface area contributed by atoms with Gasteiger partial charge in [-0.25, -0.2) is 4.79 Å². The maximum Gasteiger partial charge on any atom is 0.331 e. The number of rotatable bonds is 2. The fourth-order valence-electron chi connectivity index (χ4n) is 1.29. The van der Waals surface area contributed by atoms with E-state index in [1.165, 1.54) is 21.6 Å². The lowest BCUT2D eigenvalue weighted by atomic mass is 10.5. The van der Waals surface area contributed by atoms with E-state index in [2.05, 4.69) is 15.4 Å². The Hall–Kier alpha value is -2.25. The topological polar surface area (TPSA) is 87.6 Å². The summed E-state index contributed by atoms with van der Waals surface area (Å²) in [5.41, 5.74) is -0.782. The molecule has 0 N–H and O–H groups in total. The maximum absolute atomic E-state index is 11.6. The third-order valence-electron chi connectivity index (χ3n) is 2.09. The molecular formula is C8H10N6O2. The smallest absolute Gasteiger partial charge is 0.303 e. The SMILES string of the molecule is Cn1nnc(Cn2c(=O)ccn(C)c2=O)n1. The van der Waals surface area contributed by atoms with Gasteiger partial charge in [0.15, 0.2) is 5.82 Å². The molecule has 0 aliphatic rings. The monoisotopic (exact) mass is 222 g/mol. The van der Waals surface area contributed by atoms with E-state index in [0.717, 1.165) is 4.57 Å². The molecule has 2 aromatic heterocycles. The van der Waals surface area contributed by atoms with Crippen LogP contribution in [0.1, 0.15) is 5.82 Å². The predicted octanol–water partition coefficient (Wildman–Crippen LogP) is -1.88. The summed E-state index contributed by atoms with van der Waals surface area (Å²) in [7, 11) is 3.19. The number of hydrogen-bond acceptors (Lipinski definition) is 5. The van der Waals surface area contributed by atoms with Gasteiger partial charge in [0.2, 0.25) is 0 Å². The summed E-state index contributed by atoms with van der Waals surface area (Å²) in [6.45, 7) is 0.0280. The van der Waals surface area contributed by atoms with Crippen LogP contribution in [-0.2, 0) is 20.6 Å². The number of hydrogen-bond donors (Lipinski definition) is 0. The van der Waals surface area contributed by atoms with Gasteiger partial charge in [0.1, 0.15) is 0 Å². The van der Waals surface area contributed by atoms with Crippen LogP contribution < -0.4 is 11.2 Å². The van der Waals surface area contributed by atoms with Crippen molar-refractivity contribution in [3.63, 3.8) is 0 Å². The summed E-state index contributed by atoms with van der Waals surface area (Å²) in [6.07, 6.45) is 1.42. The first-order chi connectivity index (χ1) is 7.58. The first kappa shape index (κ1) is 10.3. The van der Waals surface area contributed by atoms with Crippen molar-refractivity contribution in [2.24, 2.45) is 14.1 Å². The molecule has 2 rings (SSSR count). The summed E-state index contributed by atoms with van der Waals surface area (Å²) in [4.78, 5) is 24.4. The zero-order chi connectivity index (χ0) is 11.7. The van der Waals surface area contributed by atoms with Crippen LogP contribution in [0.25, 0.3) is 0 Å². The Morgan fingerprint density at radius 2 is 2.06 bits per heavy atom. The summed E-state index contributed by atoms with van der Waals surface area (Å²) in [5.74, 6) is 0.327. The van der Waals surface area contributed by atoms with E-state index in [4.69, 9.17) is 0 Å². The molecule has 16 heavy (non-hydrogen) atoms.